The predicted molar refractivity (Wildman–Crippen MR) is 117 cm³/mol. The van der Waals surface area contributed by atoms with E-state index in [1.165, 1.54) is 16.7 Å². The van der Waals surface area contributed by atoms with E-state index in [0.29, 0.717) is 5.88 Å². The van der Waals surface area contributed by atoms with E-state index in [4.69, 9.17) is 4.74 Å². The van der Waals surface area contributed by atoms with Crippen molar-refractivity contribution in [2.24, 2.45) is 0 Å². The van der Waals surface area contributed by atoms with Gasteiger partial charge in [-0.3, -0.25) is 4.90 Å². The quantitative estimate of drug-likeness (QED) is 0.620. The van der Waals surface area contributed by atoms with Gasteiger partial charge in [-0.15, -0.1) is 0 Å². The van der Waals surface area contributed by atoms with Gasteiger partial charge in [0.25, 0.3) is 0 Å². The van der Waals surface area contributed by atoms with Gasteiger partial charge < -0.3 is 9.64 Å². The first kappa shape index (κ1) is 19.5. The van der Waals surface area contributed by atoms with Gasteiger partial charge in [0.15, 0.2) is 0 Å². The lowest BCUT2D eigenvalue weighted by molar-refractivity contribution is 0.396. The van der Waals surface area contributed by atoms with Crippen LogP contribution in [0.5, 0.6) is 5.88 Å². The number of nitrogens with zero attached hydrogens (tertiary/aromatic N) is 3. The van der Waals surface area contributed by atoms with Crippen molar-refractivity contribution in [3.8, 4) is 5.88 Å². The number of hydrogen-bond donors (Lipinski definition) is 0. The Balaban J connectivity index is 1.83. The maximum absolute atomic E-state index is 5.52. The summed E-state index contributed by atoms with van der Waals surface area (Å²) in [5.41, 5.74) is 5.75. The van der Waals surface area contributed by atoms with Crippen molar-refractivity contribution in [1.82, 2.24) is 9.88 Å². The van der Waals surface area contributed by atoms with Crippen LogP contribution < -0.4 is 9.64 Å². The maximum Gasteiger partial charge on any atom is 0.223 e. The van der Waals surface area contributed by atoms with Gasteiger partial charge in [-0.2, -0.15) is 4.98 Å². The van der Waals surface area contributed by atoms with Gasteiger partial charge >= 0.3 is 0 Å². The van der Waals surface area contributed by atoms with Gasteiger partial charge in [0.1, 0.15) is 11.6 Å². The molecule has 1 aromatic carbocycles. The zero-order valence-electron chi connectivity index (χ0n) is 17.1. The third-order valence-electron chi connectivity index (χ3n) is 4.97. The van der Waals surface area contributed by atoms with Crippen molar-refractivity contribution in [2.45, 2.75) is 27.3 Å². The van der Waals surface area contributed by atoms with Crippen LogP contribution in [0.2, 0.25) is 0 Å². The third-order valence-corrected chi connectivity index (χ3v) is 4.97. The van der Waals surface area contributed by atoms with Gasteiger partial charge in [-0.1, -0.05) is 49.1 Å². The van der Waals surface area contributed by atoms with E-state index in [1.807, 2.05) is 42.4 Å². The zero-order chi connectivity index (χ0) is 20.3. The summed E-state index contributed by atoms with van der Waals surface area (Å²) >= 11 is 0. The summed E-state index contributed by atoms with van der Waals surface area (Å²) in [6.45, 7) is 15.1. The first-order valence-electron chi connectivity index (χ1n) is 9.32. The van der Waals surface area contributed by atoms with Crippen LogP contribution in [-0.2, 0) is 6.54 Å². The van der Waals surface area contributed by atoms with Crippen LogP contribution in [0.25, 0.3) is 5.57 Å². The minimum atomic E-state index is 0.569. The Morgan fingerprint density at radius 2 is 1.96 bits per heavy atom. The molecule has 144 valence electrons. The first-order valence-corrected chi connectivity index (χ1v) is 9.32. The van der Waals surface area contributed by atoms with Gasteiger partial charge in [0.2, 0.25) is 5.88 Å². The Bertz CT molecular complexity index is 972. The van der Waals surface area contributed by atoms with Gasteiger partial charge in [0.05, 0.1) is 7.11 Å². The Morgan fingerprint density at radius 1 is 1.18 bits per heavy atom. The molecule has 0 saturated carbocycles. The molecule has 4 nitrogen and oxygen atoms in total. The number of pyridine rings is 1. The van der Waals surface area contributed by atoms with Crippen molar-refractivity contribution in [2.75, 3.05) is 12.0 Å². The van der Waals surface area contributed by atoms with E-state index < -0.39 is 0 Å². The number of aromatic nitrogens is 1. The summed E-state index contributed by atoms with van der Waals surface area (Å²) < 4.78 is 5.52. The molecule has 28 heavy (non-hydrogen) atoms. The normalized spacial score (nSPS) is 14.0. The highest BCUT2D eigenvalue weighted by Gasteiger charge is 2.22. The lowest BCUT2D eigenvalue weighted by atomic mass is 10.1. The lowest BCUT2D eigenvalue weighted by Gasteiger charge is -2.24. The van der Waals surface area contributed by atoms with E-state index in [1.54, 1.807) is 13.2 Å². The summed E-state index contributed by atoms with van der Waals surface area (Å²) in [5, 5.41) is 0. The average Bonchev–Trinajstić information content (AvgIpc) is 3.05. The Kier molecular flexibility index (Phi) is 5.69. The third kappa shape index (κ3) is 3.72. The number of hydrogen-bond acceptors (Lipinski definition) is 4. The molecule has 0 N–H and O–H groups in total. The van der Waals surface area contributed by atoms with Gasteiger partial charge in [-0.05, 0) is 49.6 Å². The molecule has 2 heterocycles. The van der Waals surface area contributed by atoms with E-state index in [0.717, 1.165) is 29.3 Å². The summed E-state index contributed by atoms with van der Waals surface area (Å²) in [7, 11) is 1.63. The van der Waals surface area contributed by atoms with Crippen LogP contribution >= 0.6 is 0 Å². The number of methoxy groups -OCH3 is 1. The molecular weight excluding hydrogens is 346 g/mol. The minimum Gasteiger partial charge on any atom is -0.480 e. The van der Waals surface area contributed by atoms with Crippen LogP contribution in [0.3, 0.4) is 0 Å². The summed E-state index contributed by atoms with van der Waals surface area (Å²) in [6.07, 6.45) is 7.81. The second-order valence-electron chi connectivity index (χ2n) is 6.82. The van der Waals surface area contributed by atoms with Crippen LogP contribution in [0.15, 0.2) is 73.9 Å². The molecular formula is C24H27N3O. The van der Waals surface area contributed by atoms with Crippen LogP contribution in [0.1, 0.15) is 29.2 Å². The SMILES string of the molecule is C=C/C(=C\C)c1ccc(N2C=CN(Cc3ccc(C)cc3C)C2=C)nc1OC. The van der Waals surface area contributed by atoms with E-state index >= 15 is 0 Å². The number of allylic oxidation sites excluding steroid dienone is 3. The van der Waals surface area contributed by atoms with Crippen LogP contribution in [0, 0.1) is 13.8 Å². The molecule has 4 heteroatoms. The van der Waals surface area contributed by atoms with Crippen molar-refractivity contribution in [3.63, 3.8) is 0 Å². The molecule has 2 aromatic rings. The number of aryl methyl sites for hydroxylation is 2. The predicted octanol–water partition coefficient (Wildman–Crippen LogP) is 5.56. The molecule has 0 aliphatic carbocycles. The zero-order valence-corrected chi connectivity index (χ0v) is 17.1. The number of ether oxygens (including phenoxy) is 1. The lowest BCUT2D eigenvalue weighted by Crippen LogP contribution is -2.22. The molecule has 0 radical (unpaired) electrons. The summed E-state index contributed by atoms with van der Waals surface area (Å²) in [4.78, 5) is 8.78. The molecule has 0 unspecified atom stereocenters. The van der Waals surface area contributed by atoms with E-state index in [9.17, 15) is 0 Å². The Hall–Kier alpha value is -3.27. The second kappa shape index (κ2) is 8.17. The molecule has 1 aromatic heterocycles. The van der Waals surface area contributed by atoms with E-state index in [2.05, 4.69) is 55.1 Å². The molecule has 0 fully saturated rings. The first-order chi connectivity index (χ1) is 13.5. The largest absolute Gasteiger partial charge is 0.480 e. The number of anilines is 1. The fourth-order valence-corrected chi connectivity index (χ4v) is 3.34. The molecule has 0 amide bonds. The molecule has 1 aliphatic rings. The van der Waals surface area contributed by atoms with Crippen molar-refractivity contribution < 1.29 is 4.74 Å². The van der Waals surface area contributed by atoms with Crippen molar-refractivity contribution >= 4 is 11.4 Å². The van der Waals surface area contributed by atoms with E-state index in [-0.39, 0.29) is 0 Å². The highest BCUT2D eigenvalue weighted by molar-refractivity contribution is 5.77. The second-order valence-corrected chi connectivity index (χ2v) is 6.82. The molecule has 3 rings (SSSR count). The number of rotatable bonds is 6. The standard InChI is InChI=1S/C24H27N3O/c1-7-20(8-2)22-11-12-23(25-24(22)28-6)27-14-13-26(19(27)5)16-21-10-9-17(3)15-18(21)4/h7-15H,1,5,16H2,2-4,6H3/b20-8+. The highest BCUT2D eigenvalue weighted by atomic mass is 16.5. The molecule has 0 bridgehead atoms. The van der Waals surface area contributed by atoms with Gasteiger partial charge in [-0.25, -0.2) is 0 Å². The molecule has 0 spiro atoms. The molecule has 0 saturated heterocycles. The topological polar surface area (TPSA) is 28.6 Å². The smallest absolute Gasteiger partial charge is 0.223 e. The van der Waals surface area contributed by atoms with Gasteiger partial charge in [0, 0.05) is 24.5 Å². The Morgan fingerprint density at radius 3 is 2.61 bits per heavy atom. The maximum atomic E-state index is 5.52. The Labute approximate surface area is 167 Å². The van der Waals surface area contributed by atoms with Crippen molar-refractivity contribution in [3.05, 3.63) is 96.1 Å². The molecule has 1 aliphatic heterocycles. The van der Waals surface area contributed by atoms with Crippen LogP contribution in [-0.4, -0.2) is 17.0 Å². The monoisotopic (exact) mass is 373 g/mol. The van der Waals surface area contributed by atoms with Crippen LogP contribution in [0.4, 0.5) is 5.82 Å². The number of benzene rings is 1. The fraction of sp³-hybridized carbons (Fsp3) is 0.208. The van der Waals surface area contributed by atoms with Crippen molar-refractivity contribution in [1.29, 1.82) is 0 Å². The summed E-state index contributed by atoms with van der Waals surface area (Å²) in [5.74, 6) is 2.20. The fourth-order valence-electron chi connectivity index (χ4n) is 3.34. The minimum absolute atomic E-state index is 0.569. The average molecular weight is 374 g/mol. The highest BCUT2D eigenvalue weighted by Crippen LogP contribution is 2.32. The molecule has 0 atom stereocenters. The summed E-state index contributed by atoms with van der Waals surface area (Å²) in [6, 6.07) is 10.5.